The molecule has 7 nitrogen and oxygen atoms in total. The summed E-state index contributed by atoms with van der Waals surface area (Å²) in [6.45, 7) is 1.26. The highest BCUT2D eigenvalue weighted by Crippen LogP contribution is 2.19. The summed E-state index contributed by atoms with van der Waals surface area (Å²) < 4.78 is 10.0. The molecule has 0 saturated heterocycles. The lowest BCUT2D eigenvalue weighted by Crippen LogP contribution is -2.38. The Balaban J connectivity index is 2.49. The van der Waals surface area contributed by atoms with E-state index in [2.05, 4.69) is 5.32 Å². The van der Waals surface area contributed by atoms with E-state index in [-0.39, 0.29) is 12.5 Å². The van der Waals surface area contributed by atoms with Crippen molar-refractivity contribution in [3.63, 3.8) is 0 Å². The third-order valence-electron chi connectivity index (χ3n) is 2.91. The lowest BCUT2D eigenvalue weighted by atomic mass is 10.1. The van der Waals surface area contributed by atoms with Gasteiger partial charge in [0.2, 0.25) is 5.91 Å². The van der Waals surface area contributed by atoms with Gasteiger partial charge in [0.05, 0.1) is 19.2 Å². The molecule has 0 atom stereocenters. The average molecular weight is 308 g/mol. The van der Waals surface area contributed by atoms with Crippen LogP contribution in [0.3, 0.4) is 0 Å². The van der Waals surface area contributed by atoms with Crippen molar-refractivity contribution in [3.05, 3.63) is 29.3 Å². The minimum absolute atomic E-state index is 0.137. The van der Waals surface area contributed by atoms with Crippen LogP contribution in [0.15, 0.2) is 18.2 Å². The monoisotopic (exact) mass is 308 g/mol. The fourth-order valence-corrected chi connectivity index (χ4v) is 1.54. The smallest absolute Gasteiger partial charge is 0.338 e. The van der Waals surface area contributed by atoms with Gasteiger partial charge in [-0.1, -0.05) is 6.07 Å². The summed E-state index contributed by atoms with van der Waals surface area (Å²) in [7, 11) is 4.67. The first-order chi connectivity index (χ1) is 10.3. The molecule has 0 saturated carbocycles. The Labute approximate surface area is 129 Å². The Morgan fingerprint density at radius 1 is 1.23 bits per heavy atom. The van der Waals surface area contributed by atoms with E-state index in [0.29, 0.717) is 11.3 Å². The molecular formula is C15H20N2O5. The maximum absolute atomic E-state index is 11.8. The lowest BCUT2D eigenvalue weighted by molar-refractivity contribution is -0.131. The number of carbonyl (C=O) groups excluding carboxylic acids is 3. The standard InChI is InChI=1S/C15H20N2O5/c1-10-5-6-11(7-12(10)21-4)15(20)22-9-13(18)16-8-14(19)17(2)3/h5-7H,8-9H2,1-4H3,(H,16,18). The highest BCUT2D eigenvalue weighted by atomic mass is 16.5. The molecule has 0 aliphatic carbocycles. The molecule has 2 amide bonds. The molecule has 0 bridgehead atoms. The van der Waals surface area contributed by atoms with Gasteiger partial charge in [0.1, 0.15) is 5.75 Å². The molecule has 0 aromatic heterocycles. The van der Waals surface area contributed by atoms with Crippen LogP contribution in [0.4, 0.5) is 0 Å². The van der Waals surface area contributed by atoms with E-state index >= 15 is 0 Å². The summed E-state index contributed by atoms with van der Waals surface area (Å²) in [5.74, 6) is -0.853. The van der Waals surface area contributed by atoms with E-state index in [4.69, 9.17) is 9.47 Å². The van der Waals surface area contributed by atoms with Crippen molar-refractivity contribution < 1.29 is 23.9 Å². The molecule has 0 radical (unpaired) electrons. The summed E-state index contributed by atoms with van der Waals surface area (Å²) in [4.78, 5) is 36.0. The Bertz CT molecular complexity index is 569. The number of esters is 1. The number of aryl methyl sites for hydroxylation is 1. The molecule has 0 heterocycles. The van der Waals surface area contributed by atoms with Crippen LogP contribution in [0.25, 0.3) is 0 Å². The number of benzene rings is 1. The van der Waals surface area contributed by atoms with Gasteiger partial charge >= 0.3 is 5.97 Å². The SMILES string of the molecule is COc1cc(C(=O)OCC(=O)NCC(=O)N(C)C)ccc1C. The van der Waals surface area contributed by atoms with Gasteiger partial charge in [-0.2, -0.15) is 0 Å². The van der Waals surface area contributed by atoms with Crippen LogP contribution in [0.5, 0.6) is 5.75 Å². The first-order valence-corrected chi connectivity index (χ1v) is 6.63. The molecule has 1 rings (SSSR count). The molecule has 1 aromatic carbocycles. The van der Waals surface area contributed by atoms with Gasteiger partial charge in [0, 0.05) is 14.1 Å². The van der Waals surface area contributed by atoms with Crippen molar-refractivity contribution >= 4 is 17.8 Å². The van der Waals surface area contributed by atoms with Crippen molar-refractivity contribution in [2.75, 3.05) is 34.4 Å². The lowest BCUT2D eigenvalue weighted by Gasteiger charge is -2.11. The van der Waals surface area contributed by atoms with Crippen molar-refractivity contribution in [2.45, 2.75) is 6.92 Å². The molecule has 0 unspecified atom stereocenters. The molecular weight excluding hydrogens is 288 g/mol. The predicted molar refractivity (Wildman–Crippen MR) is 79.7 cm³/mol. The number of ether oxygens (including phenoxy) is 2. The average Bonchev–Trinajstić information content (AvgIpc) is 2.50. The Kier molecular flexibility index (Phi) is 6.37. The largest absolute Gasteiger partial charge is 0.496 e. The van der Waals surface area contributed by atoms with Gasteiger partial charge in [0.15, 0.2) is 6.61 Å². The van der Waals surface area contributed by atoms with Crippen LogP contribution in [-0.4, -0.2) is 57.0 Å². The molecule has 0 aliphatic heterocycles. The fourth-order valence-electron chi connectivity index (χ4n) is 1.54. The summed E-state index contributed by atoms with van der Waals surface area (Å²) >= 11 is 0. The van der Waals surface area contributed by atoms with E-state index in [1.54, 1.807) is 32.3 Å². The van der Waals surface area contributed by atoms with E-state index in [0.717, 1.165) is 5.56 Å². The van der Waals surface area contributed by atoms with Crippen LogP contribution < -0.4 is 10.1 Å². The minimum Gasteiger partial charge on any atom is -0.496 e. The number of amides is 2. The first kappa shape index (κ1) is 17.5. The van der Waals surface area contributed by atoms with Gasteiger partial charge in [-0.15, -0.1) is 0 Å². The maximum Gasteiger partial charge on any atom is 0.338 e. The second-order valence-corrected chi connectivity index (χ2v) is 4.83. The van der Waals surface area contributed by atoms with Gasteiger partial charge in [-0.3, -0.25) is 9.59 Å². The van der Waals surface area contributed by atoms with E-state index in [1.165, 1.54) is 12.0 Å². The summed E-state index contributed by atoms with van der Waals surface area (Å²) in [6, 6.07) is 4.87. The highest BCUT2D eigenvalue weighted by Gasteiger charge is 2.13. The molecule has 7 heteroatoms. The number of nitrogens with zero attached hydrogens (tertiary/aromatic N) is 1. The van der Waals surface area contributed by atoms with Gasteiger partial charge in [-0.25, -0.2) is 4.79 Å². The quantitative estimate of drug-likeness (QED) is 0.767. The Morgan fingerprint density at radius 3 is 2.50 bits per heavy atom. The first-order valence-electron chi connectivity index (χ1n) is 6.63. The van der Waals surface area contributed by atoms with Crippen LogP contribution >= 0.6 is 0 Å². The van der Waals surface area contributed by atoms with Crippen LogP contribution in [0, 0.1) is 6.92 Å². The summed E-state index contributed by atoms with van der Waals surface area (Å²) in [6.07, 6.45) is 0. The highest BCUT2D eigenvalue weighted by molar-refractivity contribution is 5.92. The molecule has 22 heavy (non-hydrogen) atoms. The minimum atomic E-state index is -0.632. The molecule has 0 fully saturated rings. The third-order valence-corrected chi connectivity index (χ3v) is 2.91. The fraction of sp³-hybridized carbons (Fsp3) is 0.400. The Hall–Kier alpha value is -2.57. The van der Waals surface area contributed by atoms with Crippen molar-refractivity contribution in [1.29, 1.82) is 0 Å². The van der Waals surface area contributed by atoms with Crippen molar-refractivity contribution in [2.24, 2.45) is 0 Å². The molecule has 0 aliphatic rings. The number of hydrogen-bond acceptors (Lipinski definition) is 5. The van der Waals surface area contributed by atoms with Gasteiger partial charge < -0.3 is 19.7 Å². The number of hydrogen-bond donors (Lipinski definition) is 1. The second-order valence-electron chi connectivity index (χ2n) is 4.83. The van der Waals surface area contributed by atoms with Gasteiger partial charge in [0.25, 0.3) is 5.91 Å². The normalized spacial score (nSPS) is 9.82. The van der Waals surface area contributed by atoms with E-state index < -0.39 is 18.5 Å². The summed E-state index contributed by atoms with van der Waals surface area (Å²) in [5, 5.41) is 2.37. The zero-order valence-corrected chi connectivity index (χ0v) is 13.1. The van der Waals surface area contributed by atoms with Crippen molar-refractivity contribution in [3.8, 4) is 5.75 Å². The van der Waals surface area contributed by atoms with Crippen LogP contribution in [0.1, 0.15) is 15.9 Å². The molecule has 1 N–H and O–H groups in total. The second kappa shape index (κ2) is 8.02. The zero-order valence-electron chi connectivity index (χ0n) is 13.1. The number of methoxy groups -OCH3 is 1. The molecule has 1 aromatic rings. The van der Waals surface area contributed by atoms with E-state index in [9.17, 15) is 14.4 Å². The number of rotatable bonds is 6. The predicted octanol–water partition coefficient (Wildman–Crippen LogP) is 0.365. The van der Waals surface area contributed by atoms with Crippen LogP contribution in [0.2, 0.25) is 0 Å². The van der Waals surface area contributed by atoms with Crippen molar-refractivity contribution in [1.82, 2.24) is 10.2 Å². The number of carbonyl (C=O) groups is 3. The molecule has 120 valence electrons. The van der Waals surface area contributed by atoms with E-state index in [1.807, 2.05) is 6.92 Å². The summed E-state index contributed by atoms with van der Waals surface area (Å²) in [5.41, 5.74) is 1.18. The number of nitrogens with one attached hydrogen (secondary N) is 1. The zero-order chi connectivity index (χ0) is 16.7. The molecule has 0 spiro atoms. The topological polar surface area (TPSA) is 84.9 Å². The van der Waals surface area contributed by atoms with Crippen LogP contribution in [-0.2, 0) is 14.3 Å². The van der Waals surface area contributed by atoms with Gasteiger partial charge in [-0.05, 0) is 24.6 Å². The maximum atomic E-state index is 11.8. The third kappa shape index (κ3) is 5.08. The number of likely N-dealkylation sites (N-methyl/N-ethyl adjacent to an activating group) is 1. The Morgan fingerprint density at radius 2 is 1.91 bits per heavy atom.